The molecule has 6 heterocycles. The molecule has 2 aromatic heterocycles. The Balaban J connectivity index is 0.768. The lowest BCUT2D eigenvalue weighted by Gasteiger charge is -2.59. The highest BCUT2D eigenvalue weighted by Gasteiger charge is 2.53. The van der Waals surface area contributed by atoms with E-state index in [1.54, 1.807) is 24.4 Å². The summed E-state index contributed by atoms with van der Waals surface area (Å²) in [6.07, 6.45) is 3.88. The number of rotatable bonds is 10. The van der Waals surface area contributed by atoms with E-state index in [0.29, 0.717) is 34.3 Å². The van der Waals surface area contributed by atoms with Gasteiger partial charge in [0.05, 0.1) is 11.3 Å². The number of hydrogen-bond acceptors (Lipinski definition) is 9. The molecule has 3 saturated heterocycles. The van der Waals surface area contributed by atoms with E-state index < -0.39 is 63.5 Å². The van der Waals surface area contributed by atoms with Crippen LogP contribution in [0, 0.1) is 17.0 Å². The van der Waals surface area contributed by atoms with E-state index in [1.165, 1.54) is 11.1 Å². The van der Waals surface area contributed by atoms with E-state index in [-0.39, 0.29) is 54.8 Å². The molecule has 5 aliphatic rings. The highest BCUT2D eigenvalue weighted by molar-refractivity contribution is 7.90. The monoisotopic (exact) mass is 853 g/mol. The number of piperidine rings is 1. The van der Waals surface area contributed by atoms with Gasteiger partial charge < -0.3 is 19.5 Å². The molecule has 3 aromatic carbocycles. The number of amides is 3. The van der Waals surface area contributed by atoms with Crippen molar-refractivity contribution < 1.29 is 45.5 Å². The standard InChI is InChI=1S/C43H38F3N7O7S/c44-26-11-12-52(20-26)61(58,59)50-34-8-7-33(45)37(38(34)46)39(55)32-18-48-40-31(32)14-24(17-47-40)23-1-3-27(4-2-23)51-21-43(22-51)15-29(16-43)60-28-5-6-30-25(13-28)19-53(42(30)57)35-9-10-36(54)49-41(35)56/h1-8,13-14,17-18,26,29,35,50H,9-12,15-16,19-22H2,(H,47,48)(H,49,54,56)/t26-,35?/m1/s1. The van der Waals surface area contributed by atoms with Crippen LogP contribution in [0.1, 0.15) is 63.9 Å². The molecule has 1 saturated carbocycles. The highest BCUT2D eigenvalue weighted by atomic mass is 32.2. The van der Waals surface area contributed by atoms with Gasteiger partial charge in [-0.2, -0.15) is 12.7 Å². The summed E-state index contributed by atoms with van der Waals surface area (Å²) in [6.45, 7) is 1.52. The number of benzene rings is 3. The smallest absolute Gasteiger partial charge is 0.301 e. The first-order valence-electron chi connectivity index (χ1n) is 20.0. The number of halogens is 3. The average molecular weight is 854 g/mol. The van der Waals surface area contributed by atoms with Gasteiger partial charge in [-0.05, 0) is 85.3 Å². The molecule has 3 N–H and O–H groups in total. The predicted octanol–water partition coefficient (Wildman–Crippen LogP) is 5.25. The minimum Gasteiger partial charge on any atom is -0.490 e. The molecule has 61 heavy (non-hydrogen) atoms. The second-order valence-corrected chi connectivity index (χ2v) is 18.2. The number of nitrogens with zero attached hydrogens (tertiary/aromatic N) is 4. The zero-order valence-corrected chi connectivity index (χ0v) is 33.2. The van der Waals surface area contributed by atoms with Crippen LogP contribution in [-0.2, 0) is 26.3 Å². The summed E-state index contributed by atoms with van der Waals surface area (Å²) in [5.74, 6) is -3.90. The molecule has 0 bridgehead atoms. The summed E-state index contributed by atoms with van der Waals surface area (Å²) in [5, 5.41) is 2.64. The fourth-order valence-electron chi connectivity index (χ4n) is 9.31. The quantitative estimate of drug-likeness (QED) is 0.125. The Labute approximate surface area is 347 Å². The number of pyridine rings is 1. The van der Waals surface area contributed by atoms with Crippen molar-refractivity contribution in [3.05, 3.63) is 107 Å². The molecule has 2 atom stereocenters. The molecule has 0 radical (unpaired) electrons. The van der Waals surface area contributed by atoms with Crippen LogP contribution in [-0.4, -0.2) is 95.6 Å². The largest absolute Gasteiger partial charge is 0.490 e. The van der Waals surface area contributed by atoms with Crippen molar-refractivity contribution in [2.75, 3.05) is 35.8 Å². The first-order chi connectivity index (χ1) is 29.2. The summed E-state index contributed by atoms with van der Waals surface area (Å²) < 4.78 is 79.2. The SMILES string of the molecule is O=C1CCC(N2Cc3cc(OC4CC5(C4)CN(c4ccc(-c6cnc7[nH]cc(C(=O)c8c(F)ccc(NS(=O)(=O)N9CC[C@@H](F)C9)c8F)c7c6)cc4)C5)ccc3C2=O)C(=O)N1. The molecular formula is C43H38F3N7O7S. The van der Waals surface area contributed by atoms with Crippen LogP contribution in [0.15, 0.2) is 73.1 Å². The van der Waals surface area contributed by atoms with Crippen LogP contribution < -0.4 is 19.7 Å². The van der Waals surface area contributed by atoms with Gasteiger partial charge in [0, 0.05) is 84.7 Å². The van der Waals surface area contributed by atoms with Crippen molar-refractivity contribution >= 4 is 56.1 Å². The number of imide groups is 1. The van der Waals surface area contributed by atoms with Gasteiger partial charge >= 0.3 is 10.2 Å². The van der Waals surface area contributed by atoms with Crippen molar-refractivity contribution in [3.8, 4) is 16.9 Å². The minimum absolute atomic E-state index is 0.00174. The third kappa shape index (κ3) is 6.86. The number of carbonyl (C=O) groups excluding carboxylic acids is 4. The number of ether oxygens (including phenoxy) is 1. The molecule has 1 aliphatic carbocycles. The van der Waals surface area contributed by atoms with Gasteiger partial charge in [-0.15, -0.1) is 0 Å². The van der Waals surface area contributed by atoms with Gasteiger partial charge in [0.2, 0.25) is 17.6 Å². The Morgan fingerprint density at radius 3 is 2.49 bits per heavy atom. The maximum absolute atomic E-state index is 15.7. The molecule has 14 nitrogen and oxygen atoms in total. The lowest BCUT2D eigenvalue weighted by molar-refractivity contribution is -0.136. The molecule has 5 aromatic rings. The Kier molecular flexibility index (Phi) is 9.21. The zero-order valence-electron chi connectivity index (χ0n) is 32.4. The number of hydrogen-bond donors (Lipinski definition) is 3. The maximum Gasteiger partial charge on any atom is 0.301 e. The number of aromatic nitrogens is 2. The van der Waals surface area contributed by atoms with Crippen molar-refractivity contribution in [1.29, 1.82) is 0 Å². The molecular weight excluding hydrogens is 816 g/mol. The lowest BCUT2D eigenvalue weighted by Crippen LogP contribution is -2.64. The van der Waals surface area contributed by atoms with Crippen LogP contribution in [0.3, 0.4) is 0 Å². The van der Waals surface area contributed by atoms with Gasteiger partial charge in [-0.3, -0.25) is 29.2 Å². The van der Waals surface area contributed by atoms with Crippen LogP contribution in [0.2, 0.25) is 0 Å². The average Bonchev–Trinajstić information content (AvgIpc) is 3.93. The van der Waals surface area contributed by atoms with Crippen LogP contribution in [0.25, 0.3) is 22.2 Å². The van der Waals surface area contributed by atoms with E-state index in [4.69, 9.17) is 4.74 Å². The number of anilines is 2. The molecule has 10 rings (SSSR count). The second-order valence-electron chi connectivity index (χ2n) is 16.6. The van der Waals surface area contributed by atoms with Gasteiger partial charge in [0.25, 0.3) is 5.91 Å². The van der Waals surface area contributed by atoms with E-state index in [1.807, 2.05) is 35.1 Å². The van der Waals surface area contributed by atoms with E-state index in [0.717, 1.165) is 59.2 Å². The fraction of sp³-hybridized carbons (Fsp3) is 0.326. The van der Waals surface area contributed by atoms with Gasteiger partial charge in [-0.25, -0.2) is 18.2 Å². The Hall–Kier alpha value is -6.27. The number of aromatic amines is 1. The molecule has 4 aliphatic heterocycles. The van der Waals surface area contributed by atoms with E-state index >= 15 is 8.78 Å². The topological polar surface area (TPSA) is 174 Å². The van der Waals surface area contributed by atoms with E-state index in [9.17, 15) is 32.0 Å². The zero-order chi connectivity index (χ0) is 42.4. The maximum atomic E-state index is 15.7. The first-order valence-corrected chi connectivity index (χ1v) is 21.4. The van der Waals surface area contributed by atoms with Crippen molar-refractivity contribution in [1.82, 2.24) is 24.5 Å². The molecule has 1 unspecified atom stereocenters. The number of carbonyl (C=O) groups is 4. The van der Waals surface area contributed by atoms with Crippen LogP contribution >= 0.6 is 0 Å². The van der Waals surface area contributed by atoms with Gasteiger partial charge in [0.1, 0.15) is 35.5 Å². The fourth-order valence-corrected chi connectivity index (χ4v) is 10.6. The van der Waals surface area contributed by atoms with Crippen LogP contribution in [0.4, 0.5) is 24.5 Å². The van der Waals surface area contributed by atoms with Gasteiger partial charge in [-0.1, -0.05) is 12.1 Å². The number of ketones is 1. The molecule has 4 fully saturated rings. The summed E-state index contributed by atoms with van der Waals surface area (Å²) in [5.41, 5.74) is 2.64. The Bertz CT molecular complexity index is 2790. The molecule has 3 amide bonds. The van der Waals surface area contributed by atoms with E-state index in [2.05, 4.69) is 20.2 Å². The Morgan fingerprint density at radius 2 is 1.75 bits per heavy atom. The van der Waals surface area contributed by atoms with Crippen molar-refractivity contribution in [2.45, 2.75) is 57.0 Å². The van der Waals surface area contributed by atoms with Gasteiger partial charge in [0.15, 0.2) is 5.82 Å². The van der Waals surface area contributed by atoms with Crippen LogP contribution in [0.5, 0.6) is 5.75 Å². The predicted molar refractivity (Wildman–Crippen MR) is 216 cm³/mol. The summed E-state index contributed by atoms with van der Waals surface area (Å²) in [7, 11) is -4.36. The number of nitrogens with one attached hydrogen (secondary N) is 3. The number of alkyl halides is 1. The number of H-pyrrole nitrogens is 1. The first kappa shape index (κ1) is 38.9. The lowest BCUT2D eigenvalue weighted by atomic mass is 9.61. The third-order valence-corrected chi connectivity index (χ3v) is 14.0. The molecule has 314 valence electrons. The minimum atomic E-state index is -4.36. The summed E-state index contributed by atoms with van der Waals surface area (Å²) >= 11 is 0. The molecule has 1 spiro atoms. The normalized spacial score (nSPS) is 21.4. The summed E-state index contributed by atoms with van der Waals surface area (Å²) in [4.78, 5) is 61.9. The number of fused-ring (bicyclic) bond motifs is 2. The highest BCUT2D eigenvalue weighted by Crippen LogP contribution is 2.51. The summed E-state index contributed by atoms with van der Waals surface area (Å²) in [6, 6.07) is 16.0. The molecule has 18 heteroatoms. The van der Waals surface area contributed by atoms with Crippen molar-refractivity contribution in [2.24, 2.45) is 5.41 Å². The second kappa shape index (κ2) is 14.4. The Morgan fingerprint density at radius 1 is 0.967 bits per heavy atom. The van der Waals surface area contributed by atoms with Crippen molar-refractivity contribution in [3.63, 3.8) is 0 Å². The third-order valence-electron chi connectivity index (χ3n) is 12.5.